The Labute approximate surface area is 167 Å². The molecule has 0 radical (unpaired) electrons. The van der Waals surface area contributed by atoms with Gasteiger partial charge in [0.05, 0.1) is 30.9 Å². The molecule has 0 spiro atoms. The average Bonchev–Trinajstić information content (AvgIpc) is 3.12. The second-order valence-corrected chi connectivity index (χ2v) is 8.00. The number of fused-ring (bicyclic) bond motifs is 1. The molecule has 0 bridgehead atoms. The molecule has 1 aliphatic rings. The molecule has 2 N–H and O–H groups in total. The van der Waals surface area contributed by atoms with E-state index in [0.717, 1.165) is 41.0 Å². The van der Waals surface area contributed by atoms with E-state index in [0.29, 0.717) is 17.9 Å². The zero-order valence-electron chi connectivity index (χ0n) is 15.6. The quantitative estimate of drug-likeness (QED) is 0.657. The summed E-state index contributed by atoms with van der Waals surface area (Å²) in [5, 5.41) is 18.3. The SMILES string of the molecule is COc1ccc(Cn2ncc3c(NC4CCSCC4)c(C(=O)O)cnc32)cc1. The van der Waals surface area contributed by atoms with Gasteiger partial charge in [0, 0.05) is 12.2 Å². The first-order valence-electron chi connectivity index (χ1n) is 9.20. The van der Waals surface area contributed by atoms with Crippen molar-refractivity contribution in [2.75, 3.05) is 23.9 Å². The highest BCUT2D eigenvalue weighted by atomic mass is 32.2. The molecule has 1 fully saturated rings. The largest absolute Gasteiger partial charge is 0.497 e. The lowest BCUT2D eigenvalue weighted by molar-refractivity contribution is 0.0697. The molecule has 8 heteroatoms. The molecular weight excluding hydrogens is 376 g/mol. The van der Waals surface area contributed by atoms with Gasteiger partial charge in [-0.25, -0.2) is 14.5 Å². The Kier molecular flexibility index (Phi) is 5.38. The third kappa shape index (κ3) is 3.77. The van der Waals surface area contributed by atoms with Crippen molar-refractivity contribution in [2.45, 2.75) is 25.4 Å². The maximum Gasteiger partial charge on any atom is 0.339 e. The Morgan fingerprint density at radius 2 is 2.04 bits per heavy atom. The van der Waals surface area contributed by atoms with Gasteiger partial charge in [-0.3, -0.25) is 0 Å². The minimum absolute atomic E-state index is 0.190. The van der Waals surface area contributed by atoms with Crippen LogP contribution in [0.15, 0.2) is 36.7 Å². The van der Waals surface area contributed by atoms with Gasteiger partial charge in [-0.1, -0.05) is 12.1 Å². The third-order valence-electron chi connectivity index (χ3n) is 4.96. The predicted octanol–water partition coefficient (Wildman–Crippen LogP) is 3.49. The number of anilines is 1. The number of hydrogen-bond donors (Lipinski definition) is 2. The van der Waals surface area contributed by atoms with Gasteiger partial charge >= 0.3 is 5.97 Å². The Hall–Kier alpha value is -2.74. The van der Waals surface area contributed by atoms with E-state index in [1.807, 2.05) is 36.0 Å². The lowest BCUT2D eigenvalue weighted by Crippen LogP contribution is -2.25. The molecule has 3 heterocycles. The van der Waals surface area contributed by atoms with E-state index in [1.54, 1.807) is 18.0 Å². The van der Waals surface area contributed by atoms with Crippen LogP contribution in [0.3, 0.4) is 0 Å². The zero-order valence-corrected chi connectivity index (χ0v) is 16.4. The number of rotatable bonds is 6. The van der Waals surface area contributed by atoms with E-state index in [4.69, 9.17) is 4.74 Å². The van der Waals surface area contributed by atoms with Crippen LogP contribution < -0.4 is 10.1 Å². The predicted molar refractivity (Wildman–Crippen MR) is 111 cm³/mol. The second-order valence-electron chi connectivity index (χ2n) is 6.77. The lowest BCUT2D eigenvalue weighted by Gasteiger charge is -2.24. The highest BCUT2D eigenvalue weighted by Gasteiger charge is 2.21. The Balaban J connectivity index is 1.68. The van der Waals surface area contributed by atoms with Crippen LogP contribution in [0.1, 0.15) is 28.8 Å². The van der Waals surface area contributed by atoms with Gasteiger partial charge in [0.25, 0.3) is 0 Å². The van der Waals surface area contributed by atoms with E-state index in [1.165, 1.54) is 6.20 Å². The maximum atomic E-state index is 11.7. The van der Waals surface area contributed by atoms with E-state index < -0.39 is 5.97 Å². The molecule has 2 aromatic heterocycles. The smallest absolute Gasteiger partial charge is 0.339 e. The van der Waals surface area contributed by atoms with Crippen LogP contribution in [0.5, 0.6) is 5.75 Å². The van der Waals surface area contributed by atoms with Gasteiger partial charge in [-0.05, 0) is 42.0 Å². The van der Waals surface area contributed by atoms with Crippen molar-refractivity contribution in [3.8, 4) is 5.75 Å². The van der Waals surface area contributed by atoms with Crippen LogP contribution >= 0.6 is 11.8 Å². The van der Waals surface area contributed by atoms with Crippen molar-refractivity contribution in [3.63, 3.8) is 0 Å². The van der Waals surface area contributed by atoms with Crippen molar-refractivity contribution in [2.24, 2.45) is 0 Å². The van der Waals surface area contributed by atoms with Crippen LogP contribution in [-0.2, 0) is 6.54 Å². The van der Waals surface area contributed by atoms with Crippen molar-refractivity contribution in [1.29, 1.82) is 0 Å². The normalized spacial score (nSPS) is 14.9. The molecule has 3 aromatic rings. The molecule has 146 valence electrons. The minimum atomic E-state index is -0.981. The number of hydrogen-bond acceptors (Lipinski definition) is 6. The molecule has 0 atom stereocenters. The minimum Gasteiger partial charge on any atom is -0.497 e. The van der Waals surface area contributed by atoms with Crippen molar-refractivity contribution < 1.29 is 14.6 Å². The van der Waals surface area contributed by atoms with E-state index in [2.05, 4.69) is 15.4 Å². The highest BCUT2D eigenvalue weighted by Crippen LogP contribution is 2.30. The number of thioether (sulfide) groups is 1. The molecule has 0 aliphatic carbocycles. The number of aromatic nitrogens is 3. The fourth-order valence-electron chi connectivity index (χ4n) is 3.41. The Morgan fingerprint density at radius 1 is 1.29 bits per heavy atom. The number of carboxylic acids is 1. The number of carbonyl (C=O) groups is 1. The van der Waals surface area contributed by atoms with Gasteiger partial charge in [0.1, 0.15) is 11.3 Å². The van der Waals surface area contributed by atoms with Crippen molar-refractivity contribution >= 4 is 34.5 Å². The van der Waals surface area contributed by atoms with Crippen LogP contribution in [0, 0.1) is 0 Å². The molecular formula is C20H22N4O3S. The lowest BCUT2D eigenvalue weighted by atomic mass is 10.1. The summed E-state index contributed by atoms with van der Waals surface area (Å²) in [5.41, 5.74) is 2.55. The van der Waals surface area contributed by atoms with E-state index in [9.17, 15) is 9.90 Å². The van der Waals surface area contributed by atoms with E-state index in [-0.39, 0.29) is 11.6 Å². The van der Waals surface area contributed by atoms with E-state index >= 15 is 0 Å². The summed E-state index contributed by atoms with van der Waals surface area (Å²) in [4.78, 5) is 16.1. The van der Waals surface area contributed by atoms with Gasteiger partial charge in [-0.15, -0.1) is 0 Å². The Morgan fingerprint density at radius 3 is 2.71 bits per heavy atom. The first kappa shape index (κ1) is 18.6. The first-order valence-corrected chi connectivity index (χ1v) is 10.4. The summed E-state index contributed by atoms with van der Waals surface area (Å²) in [6.45, 7) is 0.548. The summed E-state index contributed by atoms with van der Waals surface area (Å²) in [7, 11) is 1.64. The summed E-state index contributed by atoms with van der Waals surface area (Å²) >= 11 is 1.94. The van der Waals surface area contributed by atoms with Gasteiger partial charge in [-0.2, -0.15) is 16.9 Å². The number of nitrogens with zero attached hydrogens (tertiary/aromatic N) is 3. The molecule has 1 aliphatic heterocycles. The van der Waals surface area contributed by atoms with Crippen molar-refractivity contribution in [3.05, 3.63) is 47.8 Å². The fourth-order valence-corrected chi connectivity index (χ4v) is 4.52. The van der Waals surface area contributed by atoms with Gasteiger partial charge < -0.3 is 15.2 Å². The molecule has 1 aromatic carbocycles. The fraction of sp³-hybridized carbons (Fsp3) is 0.350. The summed E-state index contributed by atoms with van der Waals surface area (Å²) in [6.07, 6.45) is 5.18. The van der Waals surface area contributed by atoms with Gasteiger partial charge in [0.15, 0.2) is 5.65 Å². The highest BCUT2D eigenvalue weighted by molar-refractivity contribution is 7.99. The number of benzene rings is 1. The molecule has 0 amide bonds. The number of ether oxygens (including phenoxy) is 1. The molecule has 7 nitrogen and oxygen atoms in total. The van der Waals surface area contributed by atoms with Crippen LogP contribution in [0.25, 0.3) is 11.0 Å². The number of carboxylic acid groups (broad SMARTS) is 1. The molecule has 0 saturated carbocycles. The number of aromatic carboxylic acids is 1. The number of methoxy groups -OCH3 is 1. The number of pyridine rings is 1. The Bertz CT molecular complexity index is 981. The maximum absolute atomic E-state index is 11.7. The summed E-state index contributed by atoms with van der Waals surface area (Å²) < 4.78 is 6.99. The summed E-state index contributed by atoms with van der Waals surface area (Å²) in [5.74, 6) is 2.00. The van der Waals surface area contributed by atoms with Crippen LogP contribution in [0.4, 0.5) is 5.69 Å². The summed E-state index contributed by atoms with van der Waals surface area (Å²) in [6, 6.07) is 8.05. The van der Waals surface area contributed by atoms with Crippen LogP contribution in [0.2, 0.25) is 0 Å². The second kappa shape index (κ2) is 8.10. The first-order chi connectivity index (χ1) is 13.7. The standard InChI is InChI=1S/C20H22N4O3S/c1-27-15-4-2-13(3-5-15)12-24-19-16(11-22-24)18(17(10-21-19)20(25)26)23-14-6-8-28-9-7-14/h2-5,10-11,14H,6-9,12H2,1H3,(H,21,23)(H,25,26). The molecule has 28 heavy (non-hydrogen) atoms. The van der Waals surface area contributed by atoms with Gasteiger partial charge in [0.2, 0.25) is 0 Å². The zero-order chi connectivity index (χ0) is 19.5. The molecule has 1 saturated heterocycles. The van der Waals surface area contributed by atoms with Crippen molar-refractivity contribution in [1.82, 2.24) is 14.8 Å². The topological polar surface area (TPSA) is 89.3 Å². The third-order valence-corrected chi connectivity index (χ3v) is 6.01. The monoisotopic (exact) mass is 398 g/mol. The molecule has 4 rings (SSSR count). The molecule has 0 unspecified atom stereocenters. The average molecular weight is 398 g/mol. The van der Waals surface area contributed by atoms with Crippen LogP contribution in [-0.4, -0.2) is 50.5 Å². The number of nitrogens with one attached hydrogen (secondary N) is 1.